The normalized spacial score (nSPS) is 7.61. The number of hydrogen-bond donors (Lipinski definition) is 12. The van der Waals surface area contributed by atoms with Crippen molar-refractivity contribution < 1.29 is 132 Å². The molecule has 0 aliphatic carbocycles. The topological polar surface area (TPSA) is 626 Å². The second-order valence-electron chi connectivity index (χ2n) is 2.05. The van der Waals surface area contributed by atoms with Gasteiger partial charge < -0.3 is 113 Å². The van der Waals surface area contributed by atoms with Crippen LogP contribution in [0.4, 0.5) is 0 Å². The fourth-order valence-electron chi connectivity index (χ4n) is 0. The molecule has 0 aromatic heterocycles. The van der Waals surface area contributed by atoms with Gasteiger partial charge in [0, 0.05) is 0 Å². The van der Waals surface area contributed by atoms with Crippen LogP contribution in [0.25, 0.3) is 0 Å². The van der Waals surface area contributed by atoms with E-state index in [4.69, 9.17) is 77.0 Å². The molecule has 0 saturated heterocycles. The maximum atomic E-state index is 8.88. The zero-order valence-corrected chi connectivity index (χ0v) is 17.4. The van der Waals surface area contributed by atoms with Gasteiger partial charge in [0.05, 0.1) is 0 Å². The molecule has 210 valence electrons. The number of hydrogen-bond acceptors (Lipinski definition) is 4. The average Bonchev–Trinajstić information content (AvgIpc) is 1.62. The van der Waals surface area contributed by atoms with Crippen molar-refractivity contribution in [2.24, 2.45) is 0 Å². The fourth-order valence-corrected chi connectivity index (χ4v) is 0. The van der Waals surface area contributed by atoms with Crippen molar-refractivity contribution in [1.29, 1.82) is 0 Å². The van der Waals surface area contributed by atoms with Crippen LogP contribution in [-0.4, -0.2) is 143 Å². The summed E-state index contributed by atoms with van der Waals surface area (Å²) in [4.78, 5) is 86.2. The van der Waals surface area contributed by atoms with Gasteiger partial charge in [-0.05, 0) is 0 Å². The van der Waals surface area contributed by atoms with E-state index in [1.165, 1.54) is 0 Å². The van der Waals surface area contributed by atoms with Gasteiger partial charge in [0.15, 0.2) is 0 Å². The van der Waals surface area contributed by atoms with Crippen LogP contribution in [0, 0.1) is 0 Å². The summed E-state index contributed by atoms with van der Waals surface area (Å²) in [6, 6.07) is 0. The molecule has 0 aliphatic heterocycles. The summed E-state index contributed by atoms with van der Waals surface area (Å²) in [5.74, 6) is 0. The van der Waals surface area contributed by atoms with E-state index in [0.29, 0.717) is 0 Å². The van der Waals surface area contributed by atoms with Gasteiger partial charge in [-0.2, -0.15) is 0 Å². The molecule has 0 radical (unpaired) electrons. The SMILES string of the molecule is O.O.O.O.O.O.O.O.O.O.O=P(O)(O)O.O=P(O)(O)O.O=P(O)(O)O.O=P(O)(O)O.[NaH]. The Morgan fingerprint density at radius 3 is 0.258 bits per heavy atom. The molecular weight excluding hydrogens is 563 g/mol. The van der Waals surface area contributed by atoms with Gasteiger partial charge in [-0.25, -0.2) is 18.3 Å². The van der Waals surface area contributed by atoms with E-state index in [1.807, 2.05) is 0 Å². The van der Waals surface area contributed by atoms with Crippen molar-refractivity contribution in [3.8, 4) is 0 Å². The van der Waals surface area contributed by atoms with E-state index in [0.717, 1.165) is 0 Å². The molecule has 0 spiro atoms. The van der Waals surface area contributed by atoms with Gasteiger partial charge in [0.25, 0.3) is 0 Å². The van der Waals surface area contributed by atoms with Crippen LogP contribution >= 0.6 is 31.3 Å². The first kappa shape index (κ1) is 106. The molecule has 0 aromatic rings. The molecule has 31 heavy (non-hydrogen) atoms. The Labute approximate surface area is 192 Å². The van der Waals surface area contributed by atoms with E-state index < -0.39 is 31.3 Å². The average molecular weight is 596 g/mol. The minimum absolute atomic E-state index is 0. The zero-order valence-electron chi connectivity index (χ0n) is 13.8. The van der Waals surface area contributed by atoms with Gasteiger partial charge in [0.1, 0.15) is 0 Å². The maximum absolute atomic E-state index is 8.88. The quantitative estimate of drug-likeness (QED) is 0.0912. The summed E-state index contributed by atoms with van der Waals surface area (Å²) in [5, 5.41) is 0. The standard InChI is InChI=1S/Na.4H3O4P.10H2O.H/c;4*1-5(2,3)4;;;;;;;;;;;/h;4*(H3,1,2,3,4);10*1H2;. The van der Waals surface area contributed by atoms with Crippen molar-refractivity contribution in [3.63, 3.8) is 0 Å². The molecular formula is H33NaO26P4. The first-order valence-electron chi connectivity index (χ1n) is 3.13. The Bertz CT molecular complexity index is 288. The van der Waals surface area contributed by atoms with Crippen LogP contribution in [0.1, 0.15) is 0 Å². The van der Waals surface area contributed by atoms with E-state index in [-0.39, 0.29) is 84.3 Å². The van der Waals surface area contributed by atoms with Crippen molar-refractivity contribution in [1.82, 2.24) is 0 Å². The van der Waals surface area contributed by atoms with Crippen LogP contribution in [0.2, 0.25) is 0 Å². The van der Waals surface area contributed by atoms with Gasteiger partial charge in [-0.15, -0.1) is 0 Å². The van der Waals surface area contributed by atoms with Gasteiger partial charge in [-0.3, -0.25) is 0 Å². The summed E-state index contributed by atoms with van der Waals surface area (Å²) in [7, 11) is -18.6. The second-order valence-corrected chi connectivity index (χ2v) is 6.16. The molecule has 0 unspecified atom stereocenters. The van der Waals surface area contributed by atoms with Crippen molar-refractivity contribution in [3.05, 3.63) is 0 Å². The van der Waals surface area contributed by atoms with E-state index in [9.17, 15) is 0 Å². The predicted molar refractivity (Wildman–Crippen MR) is 100 cm³/mol. The molecule has 26 nitrogen and oxygen atoms in total. The molecule has 0 atom stereocenters. The first-order valence-corrected chi connectivity index (χ1v) is 9.39. The van der Waals surface area contributed by atoms with E-state index in [2.05, 4.69) is 0 Å². The van der Waals surface area contributed by atoms with Crippen LogP contribution in [0.15, 0.2) is 0 Å². The minimum atomic E-state index is -4.64. The van der Waals surface area contributed by atoms with Crippen LogP contribution in [0.3, 0.4) is 0 Å². The summed E-state index contributed by atoms with van der Waals surface area (Å²) in [5.41, 5.74) is 0. The summed E-state index contributed by atoms with van der Waals surface area (Å²) >= 11 is 0. The van der Waals surface area contributed by atoms with E-state index in [1.54, 1.807) is 0 Å². The van der Waals surface area contributed by atoms with Crippen molar-refractivity contribution in [2.75, 3.05) is 0 Å². The van der Waals surface area contributed by atoms with Crippen LogP contribution < -0.4 is 0 Å². The second kappa shape index (κ2) is 44.7. The zero-order chi connectivity index (χ0) is 18.0. The third-order valence-electron chi connectivity index (χ3n) is 0. The van der Waals surface area contributed by atoms with Gasteiger partial charge in [-0.1, -0.05) is 0 Å². The predicted octanol–water partition coefficient (Wildman–Crippen LogP) is -12.6. The summed E-state index contributed by atoms with van der Waals surface area (Å²) in [6.07, 6.45) is 0. The monoisotopic (exact) mass is 596 g/mol. The Morgan fingerprint density at radius 1 is 0.258 bits per heavy atom. The molecule has 0 aromatic carbocycles. The third-order valence-corrected chi connectivity index (χ3v) is 0. The number of phosphoric acid groups is 4. The summed E-state index contributed by atoms with van der Waals surface area (Å²) in [6.45, 7) is 0. The molecule has 31 heteroatoms. The fraction of sp³-hybridized carbons (Fsp3) is 0. The first-order chi connectivity index (χ1) is 8.00. The molecule has 0 saturated carbocycles. The molecule has 0 heterocycles. The van der Waals surface area contributed by atoms with E-state index >= 15 is 0 Å². The molecule has 0 fully saturated rings. The third kappa shape index (κ3) is 24200. The molecule has 0 rings (SSSR count). The Morgan fingerprint density at radius 2 is 0.258 bits per heavy atom. The van der Waals surface area contributed by atoms with Crippen LogP contribution in [0.5, 0.6) is 0 Å². The Hall–Kier alpha value is 1.04. The van der Waals surface area contributed by atoms with Gasteiger partial charge in [0.2, 0.25) is 0 Å². The van der Waals surface area contributed by atoms with Gasteiger partial charge >= 0.3 is 60.8 Å². The summed E-state index contributed by atoms with van der Waals surface area (Å²) < 4.78 is 35.5. The van der Waals surface area contributed by atoms with Crippen molar-refractivity contribution >= 4 is 60.8 Å². The molecule has 0 aliphatic rings. The molecule has 32 N–H and O–H groups in total. The molecule has 0 bridgehead atoms. The molecule has 0 amide bonds. The van der Waals surface area contributed by atoms with Crippen LogP contribution in [-0.2, 0) is 18.3 Å². The Kier molecular flexibility index (Phi) is 153. The Balaban J connectivity index is -0.00000000757. The number of rotatable bonds is 0. The van der Waals surface area contributed by atoms with Crippen molar-refractivity contribution in [2.45, 2.75) is 0 Å².